The van der Waals surface area contributed by atoms with E-state index in [-0.39, 0.29) is 6.03 Å². The van der Waals surface area contributed by atoms with Gasteiger partial charge in [0.25, 0.3) is 0 Å². The van der Waals surface area contributed by atoms with Crippen molar-refractivity contribution in [1.29, 1.82) is 0 Å². The van der Waals surface area contributed by atoms with Crippen molar-refractivity contribution in [3.8, 4) is 0 Å². The van der Waals surface area contributed by atoms with Crippen LogP contribution in [-0.2, 0) is 0 Å². The monoisotopic (exact) mass is 154 g/mol. The second kappa shape index (κ2) is 2.40. The molecule has 2 saturated carbocycles. The number of nitrogens with one attached hydrogen (secondary N) is 1. The normalized spacial score (nSPS) is 40.9. The maximum Gasteiger partial charge on any atom is 0.312 e. The first-order chi connectivity index (χ1) is 5.27. The molecule has 1 unspecified atom stereocenters. The predicted molar refractivity (Wildman–Crippen MR) is 42.0 cm³/mol. The molecule has 0 spiro atoms. The molecule has 0 aromatic rings. The molecule has 0 heterocycles. The van der Waals surface area contributed by atoms with Crippen LogP contribution in [0.4, 0.5) is 4.79 Å². The average molecular weight is 154 g/mol. The number of carbonyl (C=O) groups excluding carboxylic acids is 1. The van der Waals surface area contributed by atoms with Gasteiger partial charge in [0.2, 0.25) is 0 Å². The Hall–Kier alpha value is -0.730. The first kappa shape index (κ1) is 6.95. The molecule has 0 aromatic heterocycles. The second-order valence-corrected chi connectivity index (χ2v) is 3.71. The molecule has 2 aliphatic rings. The number of urea groups is 1. The SMILES string of the molecule is NC(=O)NC1CCC[C@H]2C[C@@H]12. The number of carbonyl (C=O) groups is 1. The molecule has 3 atom stereocenters. The van der Waals surface area contributed by atoms with E-state index in [0.29, 0.717) is 6.04 Å². The van der Waals surface area contributed by atoms with E-state index < -0.39 is 0 Å². The van der Waals surface area contributed by atoms with Gasteiger partial charge in [0.15, 0.2) is 0 Å². The van der Waals surface area contributed by atoms with Crippen LogP contribution in [0.3, 0.4) is 0 Å². The third-order valence-electron chi connectivity index (χ3n) is 2.91. The minimum Gasteiger partial charge on any atom is -0.352 e. The summed E-state index contributed by atoms with van der Waals surface area (Å²) in [5, 5.41) is 2.81. The van der Waals surface area contributed by atoms with Gasteiger partial charge in [-0.1, -0.05) is 12.8 Å². The molecule has 0 radical (unpaired) electrons. The molecule has 2 amide bonds. The summed E-state index contributed by atoms with van der Waals surface area (Å²) < 4.78 is 0. The van der Waals surface area contributed by atoms with Crippen molar-refractivity contribution in [1.82, 2.24) is 5.32 Å². The maximum atomic E-state index is 10.5. The molecule has 3 heteroatoms. The van der Waals surface area contributed by atoms with Gasteiger partial charge in [-0.05, 0) is 24.7 Å². The van der Waals surface area contributed by atoms with Crippen molar-refractivity contribution in [2.45, 2.75) is 31.7 Å². The van der Waals surface area contributed by atoms with Crippen molar-refractivity contribution < 1.29 is 4.79 Å². The van der Waals surface area contributed by atoms with Gasteiger partial charge in [0, 0.05) is 6.04 Å². The summed E-state index contributed by atoms with van der Waals surface area (Å²) in [7, 11) is 0. The largest absolute Gasteiger partial charge is 0.352 e. The zero-order valence-electron chi connectivity index (χ0n) is 6.55. The smallest absolute Gasteiger partial charge is 0.312 e. The van der Waals surface area contributed by atoms with E-state index >= 15 is 0 Å². The summed E-state index contributed by atoms with van der Waals surface area (Å²) in [4.78, 5) is 10.5. The van der Waals surface area contributed by atoms with Crippen molar-refractivity contribution in [3.05, 3.63) is 0 Å². The van der Waals surface area contributed by atoms with Gasteiger partial charge in [-0.3, -0.25) is 0 Å². The number of fused-ring (bicyclic) bond motifs is 1. The highest BCUT2D eigenvalue weighted by Crippen LogP contribution is 2.49. The lowest BCUT2D eigenvalue weighted by molar-refractivity contribution is 0.239. The van der Waals surface area contributed by atoms with E-state index in [1.807, 2.05) is 0 Å². The van der Waals surface area contributed by atoms with Crippen molar-refractivity contribution >= 4 is 6.03 Å². The third-order valence-corrected chi connectivity index (χ3v) is 2.91. The van der Waals surface area contributed by atoms with E-state index in [4.69, 9.17) is 5.73 Å². The van der Waals surface area contributed by atoms with Crippen LogP contribution < -0.4 is 11.1 Å². The minimum absolute atomic E-state index is 0.359. The fourth-order valence-electron chi connectivity index (χ4n) is 2.27. The highest BCUT2D eigenvalue weighted by atomic mass is 16.2. The molecule has 0 aliphatic heterocycles. The first-order valence-electron chi connectivity index (χ1n) is 4.33. The molecule has 3 nitrogen and oxygen atoms in total. The summed E-state index contributed by atoms with van der Waals surface area (Å²) in [6.45, 7) is 0. The maximum absolute atomic E-state index is 10.5. The Morgan fingerprint density at radius 2 is 2.27 bits per heavy atom. The predicted octanol–water partition coefficient (Wildman–Crippen LogP) is 0.843. The van der Waals surface area contributed by atoms with E-state index in [2.05, 4.69) is 5.32 Å². The zero-order valence-corrected chi connectivity index (χ0v) is 6.55. The van der Waals surface area contributed by atoms with Gasteiger partial charge in [-0.15, -0.1) is 0 Å². The third kappa shape index (κ3) is 1.32. The zero-order chi connectivity index (χ0) is 7.84. The van der Waals surface area contributed by atoms with E-state index in [1.54, 1.807) is 0 Å². The molecular weight excluding hydrogens is 140 g/mol. The highest BCUT2D eigenvalue weighted by Gasteiger charge is 2.45. The molecule has 2 rings (SSSR count). The van der Waals surface area contributed by atoms with Gasteiger partial charge >= 0.3 is 6.03 Å². The standard InChI is InChI=1S/C8H14N2O/c9-8(11)10-7-3-1-2-5-4-6(5)7/h5-7H,1-4H2,(H3,9,10,11)/t5-,6+,7?/m0/s1. The second-order valence-electron chi connectivity index (χ2n) is 3.71. The Kier molecular flexibility index (Phi) is 1.51. The molecule has 0 saturated heterocycles. The summed E-state index contributed by atoms with van der Waals surface area (Å²) in [6, 6.07) is 0.0359. The fourth-order valence-corrected chi connectivity index (χ4v) is 2.27. The lowest BCUT2D eigenvalue weighted by Crippen LogP contribution is -2.41. The van der Waals surface area contributed by atoms with Crippen LogP contribution in [0.25, 0.3) is 0 Å². The fraction of sp³-hybridized carbons (Fsp3) is 0.875. The summed E-state index contributed by atoms with van der Waals surface area (Å²) in [5.74, 6) is 1.66. The van der Waals surface area contributed by atoms with Crippen LogP contribution in [0.15, 0.2) is 0 Å². The molecular formula is C8H14N2O. The van der Waals surface area contributed by atoms with Crippen molar-refractivity contribution in [3.63, 3.8) is 0 Å². The minimum atomic E-state index is -0.359. The summed E-state index contributed by atoms with van der Waals surface area (Å²) >= 11 is 0. The molecule has 62 valence electrons. The number of nitrogens with two attached hydrogens (primary N) is 1. The number of amides is 2. The topological polar surface area (TPSA) is 55.1 Å². The molecule has 2 fully saturated rings. The van der Waals surface area contributed by atoms with E-state index in [1.165, 1.54) is 19.3 Å². The van der Waals surface area contributed by atoms with Crippen molar-refractivity contribution in [2.75, 3.05) is 0 Å². The lowest BCUT2D eigenvalue weighted by Gasteiger charge is -2.21. The Balaban J connectivity index is 1.88. The van der Waals surface area contributed by atoms with Gasteiger partial charge in [0.05, 0.1) is 0 Å². The van der Waals surface area contributed by atoms with Crippen LogP contribution in [0.1, 0.15) is 25.7 Å². The van der Waals surface area contributed by atoms with Crippen LogP contribution in [0.5, 0.6) is 0 Å². The lowest BCUT2D eigenvalue weighted by atomic mass is 9.96. The molecule has 0 bridgehead atoms. The number of primary amides is 1. The highest BCUT2D eigenvalue weighted by molar-refractivity contribution is 5.72. The van der Waals surface area contributed by atoms with Crippen LogP contribution in [0.2, 0.25) is 0 Å². The average Bonchev–Trinajstić information content (AvgIpc) is 2.65. The molecule has 3 N–H and O–H groups in total. The Labute approximate surface area is 66.3 Å². The van der Waals surface area contributed by atoms with Gasteiger partial charge in [-0.2, -0.15) is 0 Å². The van der Waals surface area contributed by atoms with Gasteiger partial charge in [0.1, 0.15) is 0 Å². The first-order valence-corrected chi connectivity index (χ1v) is 4.33. The number of hydrogen-bond acceptors (Lipinski definition) is 1. The Morgan fingerprint density at radius 1 is 1.45 bits per heavy atom. The van der Waals surface area contributed by atoms with Gasteiger partial charge < -0.3 is 11.1 Å². The van der Waals surface area contributed by atoms with Crippen LogP contribution in [0, 0.1) is 11.8 Å². The van der Waals surface area contributed by atoms with Gasteiger partial charge in [-0.25, -0.2) is 4.79 Å². The Bertz CT molecular complexity index is 181. The van der Waals surface area contributed by atoms with Crippen LogP contribution in [-0.4, -0.2) is 12.1 Å². The molecule has 11 heavy (non-hydrogen) atoms. The van der Waals surface area contributed by atoms with Crippen molar-refractivity contribution in [2.24, 2.45) is 17.6 Å². The van der Waals surface area contributed by atoms with Crippen LogP contribution >= 0.6 is 0 Å². The summed E-state index contributed by atoms with van der Waals surface area (Å²) in [6.07, 6.45) is 5.06. The van der Waals surface area contributed by atoms with E-state index in [9.17, 15) is 4.79 Å². The molecule has 2 aliphatic carbocycles. The molecule has 0 aromatic carbocycles. The van der Waals surface area contributed by atoms with E-state index in [0.717, 1.165) is 18.3 Å². The Morgan fingerprint density at radius 3 is 3.00 bits per heavy atom. The summed E-state index contributed by atoms with van der Waals surface area (Å²) in [5.41, 5.74) is 5.05. The number of rotatable bonds is 1. The number of hydrogen-bond donors (Lipinski definition) is 2. The quantitative estimate of drug-likeness (QED) is 0.577.